The number of ether oxygens (including phenoxy) is 1. The molecule has 0 radical (unpaired) electrons. The SMILES string of the molecule is Nc1nc(NCc2ccccc2OC(F)(F)F)nc(CC2CCC(NCCF)CC2)c1[N+](=O)[O-]. The number of nitrogens with two attached hydrogens (primary N) is 1. The quantitative estimate of drug-likeness (QED) is 0.260. The van der Waals surface area contributed by atoms with Crippen molar-refractivity contribution >= 4 is 17.5 Å². The zero-order valence-corrected chi connectivity index (χ0v) is 18.3. The Morgan fingerprint density at radius 2 is 1.88 bits per heavy atom. The standard InChI is InChI=1S/C21H26F4N6O3/c22-9-10-27-15-7-5-13(6-8-15)11-16-18(31(32)33)19(26)30-20(29-16)28-12-14-3-1-2-4-17(14)34-21(23,24)25/h1-4,13,15,27H,5-12H2,(H3,26,28,29,30). The molecule has 1 fully saturated rings. The van der Waals surface area contributed by atoms with E-state index in [9.17, 15) is 27.7 Å². The molecule has 0 amide bonds. The Balaban J connectivity index is 1.73. The molecule has 34 heavy (non-hydrogen) atoms. The van der Waals surface area contributed by atoms with Crippen molar-refractivity contribution in [3.63, 3.8) is 0 Å². The molecule has 3 rings (SSSR count). The van der Waals surface area contributed by atoms with Crippen LogP contribution in [-0.2, 0) is 13.0 Å². The fourth-order valence-corrected chi connectivity index (χ4v) is 4.09. The van der Waals surface area contributed by atoms with Crippen LogP contribution in [0, 0.1) is 16.0 Å². The lowest BCUT2D eigenvalue weighted by Crippen LogP contribution is -2.34. The van der Waals surface area contributed by atoms with Gasteiger partial charge in [-0.25, -0.2) is 9.37 Å². The number of nitrogens with one attached hydrogen (secondary N) is 2. The van der Waals surface area contributed by atoms with Crippen molar-refractivity contribution in [2.45, 2.75) is 51.1 Å². The number of nitrogens with zero attached hydrogens (tertiary/aromatic N) is 3. The molecular formula is C21H26F4N6O3. The van der Waals surface area contributed by atoms with Crippen LogP contribution in [0.2, 0.25) is 0 Å². The van der Waals surface area contributed by atoms with Gasteiger partial charge in [0.2, 0.25) is 11.8 Å². The largest absolute Gasteiger partial charge is 0.573 e. The van der Waals surface area contributed by atoms with Gasteiger partial charge in [-0.1, -0.05) is 18.2 Å². The third kappa shape index (κ3) is 7.14. The molecule has 1 aromatic carbocycles. The molecule has 9 nitrogen and oxygen atoms in total. The first-order valence-electron chi connectivity index (χ1n) is 10.8. The summed E-state index contributed by atoms with van der Waals surface area (Å²) in [5, 5.41) is 17.5. The van der Waals surface area contributed by atoms with Crippen molar-refractivity contribution < 1.29 is 27.2 Å². The summed E-state index contributed by atoms with van der Waals surface area (Å²) >= 11 is 0. The molecule has 2 aromatic rings. The molecule has 1 aromatic heterocycles. The highest BCUT2D eigenvalue weighted by molar-refractivity contribution is 5.58. The first-order chi connectivity index (χ1) is 16.2. The second-order valence-electron chi connectivity index (χ2n) is 8.06. The number of rotatable bonds is 10. The van der Waals surface area contributed by atoms with Crippen LogP contribution < -0.4 is 21.1 Å². The van der Waals surface area contributed by atoms with Gasteiger partial charge in [-0.3, -0.25) is 10.1 Å². The molecule has 1 aliphatic carbocycles. The summed E-state index contributed by atoms with van der Waals surface area (Å²) in [5.41, 5.74) is 5.83. The van der Waals surface area contributed by atoms with E-state index in [1.807, 2.05) is 0 Å². The first-order valence-corrected chi connectivity index (χ1v) is 10.8. The third-order valence-corrected chi connectivity index (χ3v) is 5.66. The maximum absolute atomic E-state index is 12.7. The van der Waals surface area contributed by atoms with Gasteiger partial charge in [-0.15, -0.1) is 13.2 Å². The van der Waals surface area contributed by atoms with E-state index in [1.165, 1.54) is 18.2 Å². The number of hydrogen-bond donors (Lipinski definition) is 3. The van der Waals surface area contributed by atoms with E-state index >= 15 is 0 Å². The lowest BCUT2D eigenvalue weighted by atomic mass is 9.83. The van der Waals surface area contributed by atoms with E-state index in [2.05, 4.69) is 25.3 Å². The van der Waals surface area contributed by atoms with Crippen LogP contribution in [0.3, 0.4) is 0 Å². The van der Waals surface area contributed by atoms with Gasteiger partial charge in [-0.2, -0.15) is 4.98 Å². The van der Waals surface area contributed by atoms with Gasteiger partial charge in [0, 0.05) is 24.7 Å². The van der Waals surface area contributed by atoms with E-state index < -0.39 is 18.0 Å². The number of alkyl halides is 4. The van der Waals surface area contributed by atoms with Crippen LogP contribution in [0.25, 0.3) is 0 Å². The number of benzene rings is 1. The Labute approximate surface area is 193 Å². The number of anilines is 2. The normalized spacial score (nSPS) is 18.5. The minimum absolute atomic E-state index is 0.0294. The van der Waals surface area contributed by atoms with Gasteiger partial charge in [0.15, 0.2) is 0 Å². The minimum atomic E-state index is -4.85. The molecule has 0 spiro atoms. The highest BCUT2D eigenvalue weighted by atomic mass is 19.4. The topological polar surface area (TPSA) is 128 Å². The monoisotopic (exact) mass is 486 g/mol. The number of nitro groups is 1. The highest BCUT2D eigenvalue weighted by Gasteiger charge is 2.32. The molecule has 0 atom stereocenters. The van der Waals surface area contributed by atoms with Gasteiger partial charge in [-0.05, 0) is 44.1 Å². The summed E-state index contributed by atoms with van der Waals surface area (Å²) in [4.78, 5) is 19.1. The molecule has 1 saturated carbocycles. The number of halogens is 4. The van der Waals surface area contributed by atoms with Crippen molar-refractivity contribution in [2.24, 2.45) is 5.92 Å². The van der Waals surface area contributed by atoms with Crippen LogP contribution >= 0.6 is 0 Å². The van der Waals surface area contributed by atoms with Crippen molar-refractivity contribution in [1.82, 2.24) is 15.3 Å². The number of nitrogen functional groups attached to an aromatic ring is 1. The molecule has 0 unspecified atom stereocenters. The molecule has 186 valence electrons. The van der Waals surface area contributed by atoms with Crippen LogP contribution in [0.15, 0.2) is 24.3 Å². The average Bonchev–Trinajstić information content (AvgIpc) is 2.76. The molecule has 4 N–H and O–H groups in total. The third-order valence-electron chi connectivity index (χ3n) is 5.66. The first kappa shape index (κ1) is 25.4. The fourth-order valence-electron chi connectivity index (χ4n) is 4.09. The van der Waals surface area contributed by atoms with Crippen LogP contribution in [0.5, 0.6) is 5.75 Å². The van der Waals surface area contributed by atoms with E-state index in [1.54, 1.807) is 6.07 Å². The second-order valence-corrected chi connectivity index (χ2v) is 8.06. The van der Waals surface area contributed by atoms with Crippen LogP contribution in [0.1, 0.15) is 36.9 Å². The molecule has 0 bridgehead atoms. The van der Waals surface area contributed by atoms with Gasteiger partial charge >= 0.3 is 12.0 Å². The Hall–Kier alpha value is -3.22. The van der Waals surface area contributed by atoms with Crippen molar-refractivity contribution in [3.05, 3.63) is 45.6 Å². The summed E-state index contributed by atoms with van der Waals surface area (Å²) in [5.74, 6) is -0.602. The molecular weight excluding hydrogens is 460 g/mol. The molecule has 0 saturated heterocycles. The van der Waals surface area contributed by atoms with E-state index in [4.69, 9.17) is 5.73 Å². The highest BCUT2D eigenvalue weighted by Crippen LogP contribution is 2.33. The number of hydrogen-bond acceptors (Lipinski definition) is 8. The lowest BCUT2D eigenvalue weighted by molar-refractivity contribution is -0.385. The Kier molecular flexibility index (Phi) is 8.42. The van der Waals surface area contributed by atoms with Crippen molar-refractivity contribution in [2.75, 3.05) is 24.3 Å². The predicted octanol–water partition coefficient (Wildman–Crippen LogP) is 4.14. The number of para-hydroxylation sites is 1. The van der Waals surface area contributed by atoms with Crippen molar-refractivity contribution in [3.8, 4) is 5.75 Å². The Morgan fingerprint density at radius 3 is 2.53 bits per heavy atom. The maximum Gasteiger partial charge on any atom is 0.573 e. The van der Waals surface area contributed by atoms with Gasteiger partial charge < -0.3 is 21.1 Å². The molecule has 0 aliphatic heterocycles. The Morgan fingerprint density at radius 1 is 1.18 bits per heavy atom. The van der Waals surface area contributed by atoms with Gasteiger partial charge in [0.25, 0.3) is 0 Å². The molecule has 1 heterocycles. The zero-order chi connectivity index (χ0) is 24.7. The van der Waals surface area contributed by atoms with Gasteiger partial charge in [0.1, 0.15) is 18.1 Å². The Bertz CT molecular complexity index is 983. The predicted molar refractivity (Wildman–Crippen MR) is 117 cm³/mol. The van der Waals surface area contributed by atoms with Gasteiger partial charge in [0.05, 0.1) is 4.92 Å². The van der Waals surface area contributed by atoms with E-state index in [-0.39, 0.29) is 53.0 Å². The molecule has 1 aliphatic rings. The van der Waals surface area contributed by atoms with Crippen molar-refractivity contribution in [1.29, 1.82) is 0 Å². The summed E-state index contributed by atoms with van der Waals surface area (Å²) < 4.78 is 54.3. The second kappa shape index (κ2) is 11.3. The van der Waals surface area contributed by atoms with Crippen LogP contribution in [-0.4, -0.2) is 40.5 Å². The number of aromatic nitrogens is 2. The zero-order valence-electron chi connectivity index (χ0n) is 18.3. The lowest BCUT2D eigenvalue weighted by Gasteiger charge is -2.28. The fraction of sp³-hybridized carbons (Fsp3) is 0.524. The average molecular weight is 486 g/mol. The van der Waals surface area contributed by atoms with E-state index in [0.29, 0.717) is 13.0 Å². The smallest absolute Gasteiger partial charge is 0.405 e. The molecule has 13 heteroatoms. The summed E-state index contributed by atoms with van der Waals surface area (Å²) in [6.45, 7) is -0.251. The van der Waals surface area contributed by atoms with E-state index in [0.717, 1.165) is 25.7 Å². The summed E-state index contributed by atoms with van der Waals surface area (Å²) in [7, 11) is 0. The van der Waals surface area contributed by atoms with Crippen LogP contribution in [0.4, 0.5) is 35.0 Å². The summed E-state index contributed by atoms with van der Waals surface area (Å²) in [6.07, 6.45) is -1.33. The minimum Gasteiger partial charge on any atom is -0.405 e. The summed E-state index contributed by atoms with van der Waals surface area (Å²) in [6, 6.07) is 5.80. The maximum atomic E-state index is 12.7.